The molecule has 1 aliphatic carbocycles. The lowest BCUT2D eigenvalue weighted by molar-refractivity contribution is -0.124. The monoisotopic (exact) mass is 337 g/mol. The highest BCUT2D eigenvalue weighted by molar-refractivity contribution is 9.09. The van der Waals surface area contributed by atoms with Crippen LogP contribution in [0.25, 0.3) is 0 Å². The first-order chi connectivity index (χ1) is 8.46. The molecule has 0 aromatic carbocycles. The third kappa shape index (κ3) is 3.26. The number of carbonyl (C=O) groups excluding carboxylic acids is 1. The molecule has 2 rings (SSSR count). The van der Waals surface area contributed by atoms with Crippen molar-refractivity contribution in [2.24, 2.45) is 11.3 Å². The first-order valence-corrected chi connectivity index (χ1v) is 9.45. The summed E-state index contributed by atoms with van der Waals surface area (Å²) in [7, 11) is -2.97. The molecule has 1 aliphatic heterocycles. The topological polar surface area (TPSA) is 63.2 Å². The molecule has 1 amide bonds. The third-order valence-electron chi connectivity index (χ3n) is 4.19. The van der Waals surface area contributed by atoms with Gasteiger partial charge in [-0.05, 0) is 24.7 Å². The molecule has 6 heteroatoms. The van der Waals surface area contributed by atoms with Gasteiger partial charge in [0.05, 0.1) is 17.4 Å². The molecule has 0 spiro atoms. The Morgan fingerprint density at radius 1 is 1.33 bits per heavy atom. The summed E-state index contributed by atoms with van der Waals surface area (Å²) in [6, 6.07) is 0. The zero-order chi connectivity index (χ0) is 13.2. The van der Waals surface area contributed by atoms with E-state index < -0.39 is 9.84 Å². The van der Waals surface area contributed by atoms with E-state index in [4.69, 9.17) is 0 Å². The Morgan fingerprint density at radius 2 is 2.00 bits per heavy atom. The van der Waals surface area contributed by atoms with Crippen LogP contribution < -0.4 is 5.32 Å². The average molecular weight is 338 g/mol. The Morgan fingerprint density at radius 3 is 2.50 bits per heavy atom. The summed E-state index contributed by atoms with van der Waals surface area (Å²) in [6.07, 6.45) is 5.21. The minimum atomic E-state index is -2.97. The summed E-state index contributed by atoms with van der Waals surface area (Å²) < 4.78 is 22.7. The molecule has 1 N–H and O–H groups in total. The molecule has 1 saturated heterocycles. The Balaban J connectivity index is 1.85. The molecular formula is C12H20BrNO3S. The second kappa shape index (κ2) is 5.49. The number of halogens is 1. The van der Waals surface area contributed by atoms with Gasteiger partial charge in [-0.1, -0.05) is 28.8 Å². The van der Waals surface area contributed by atoms with Gasteiger partial charge in [-0.15, -0.1) is 0 Å². The summed E-state index contributed by atoms with van der Waals surface area (Å²) in [5, 5.41) is 3.87. The largest absolute Gasteiger partial charge is 0.355 e. The average Bonchev–Trinajstić information content (AvgIpc) is 2.93. The second-order valence-corrected chi connectivity index (χ2v) is 8.45. The van der Waals surface area contributed by atoms with E-state index in [1.807, 2.05) is 0 Å². The van der Waals surface area contributed by atoms with Crippen LogP contribution >= 0.6 is 15.9 Å². The van der Waals surface area contributed by atoms with Crippen LogP contribution in [0.15, 0.2) is 0 Å². The maximum atomic E-state index is 12.0. The van der Waals surface area contributed by atoms with Crippen molar-refractivity contribution in [2.45, 2.75) is 32.1 Å². The van der Waals surface area contributed by atoms with E-state index >= 15 is 0 Å². The van der Waals surface area contributed by atoms with Crippen molar-refractivity contribution in [1.29, 1.82) is 0 Å². The fourth-order valence-electron chi connectivity index (χ4n) is 2.90. The Kier molecular flexibility index (Phi) is 4.36. The standard InChI is InChI=1S/C12H20BrNO3S/c13-8-12(4-1-2-5-12)9-14-11(15)10-3-6-18(16,17)7-10/h10H,1-9H2,(H,14,15). The maximum Gasteiger partial charge on any atom is 0.224 e. The molecular weight excluding hydrogens is 318 g/mol. The van der Waals surface area contributed by atoms with E-state index in [0.29, 0.717) is 13.0 Å². The molecule has 4 nitrogen and oxygen atoms in total. The number of rotatable bonds is 4. The van der Waals surface area contributed by atoms with Crippen LogP contribution in [0.4, 0.5) is 0 Å². The van der Waals surface area contributed by atoms with Gasteiger partial charge < -0.3 is 5.32 Å². The van der Waals surface area contributed by atoms with Gasteiger partial charge in [0, 0.05) is 11.9 Å². The Hall–Kier alpha value is -0.100. The molecule has 1 unspecified atom stereocenters. The lowest BCUT2D eigenvalue weighted by Gasteiger charge is -2.27. The molecule has 18 heavy (non-hydrogen) atoms. The van der Waals surface area contributed by atoms with E-state index in [0.717, 1.165) is 18.2 Å². The number of hydrogen-bond donors (Lipinski definition) is 1. The first kappa shape index (κ1) is 14.3. The lowest BCUT2D eigenvalue weighted by Crippen LogP contribution is -2.40. The number of carbonyl (C=O) groups is 1. The summed E-state index contributed by atoms with van der Waals surface area (Å²) in [5.74, 6) is -0.221. The SMILES string of the molecule is O=C(NCC1(CBr)CCCC1)C1CCS(=O)(=O)C1. The molecule has 1 saturated carbocycles. The van der Waals surface area contributed by atoms with Gasteiger partial charge in [0.2, 0.25) is 5.91 Å². The van der Waals surface area contributed by atoms with Gasteiger partial charge in [0.15, 0.2) is 9.84 Å². The molecule has 0 aromatic heterocycles. The normalized spacial score (nSPS) is 29.3. The lowest BCUT2D eigenvalue weighted by atomic mass is 9.88. The number of nitrogens with one attached hydrogen (secondary N) is 1. The predicted molar refractivity (Wildman–Crippen MR) is 74.5 cm³/mol. The zero-order valence-corrected chi connectivity index (χ0v) is 12.9. The van der Waals surface area contributed by atoms with Gasteiger partial charge in [-0.2, -0.15) is 0 Å². The van der Waals surface area contributed by atoms with Crippen molar-refractivity contribution in [3.05, 3.63) is 0 Å². The number of hydrogen-bond acceptors (Lipinski definition) is 3. The van der Waals surface area contributed by atoms with Crippen molar-refractivity contribution in [1.82, 2.24) is 5.32 Å². The van der Waals surface area contributed by atoms with Crippen LogP contribution in [0.1, 0.15) is 32.1 Å². The van der Waals surface area contributed by atoms with Gasteiger partial charge in [-0.3, -0.25) is 4.79 Å². The molecule has 2 aliphatic rings. The number of sulfone groups is 1. The maximum absolute atomic E-state index is 12.0. The molecule has 1 heterocycles. The molecule has 2 fully saturated rings. The quantitative estimate of drug-likeness (QED) is 0.790. The highest BCUT2D eigenvalue weighted by atomic mass is 79.9. The van der Waals surface area contributed by atoms with Crippen LogP contribution in [0.2, 0.25) is 0 Å². The minimum absolute atomic E-state index is 0.0279. The fourth-order valence-corrected chi connectivity index (χ4v) is 5.40. The van der Waals surface area contributed by atoms with Crippen LogP contribution in [0, 0.1) is 11.3 Å². The molecule has 0 radical (unpaired) electrons. The summed E-state index contributed by atoms with van der Waals surface area (Å²) in [5.41, 5.74) is 0.188. The van der Waals surface area contributed by atoms with Crippen molar-refractivity contribution < 1.29 is 13.2 Å². The second-order valence-electron chi connectivity index (χ2n) is 5.66. The smallest absolute Gasteiger partial charge is 0.224 e. The van der Waals surface area contributed by atoms with Crippen LogP contribution in [0.3, 0.4) is 0 Å². The van der Waals surface area contributed by atoms with Crippen LogP contribution in [-0.2, 0) is 14.6 Å². The van der Waals surface area contributed by atoms with Gasteiger partial charge in [-0.25, -0.2) is 8.42 Å². The molecule has 104 valence electrons. The number of alkyl halides is 1. The predicted octanol–water partition coefficient (Wildman–Crippen LogP) is 1.49. The minimum Gasteiger partial charge on any atom is -0.355 e. The van der Waals surface area contributed by atoms with Crippen molar-refractivity contribution in [3.63, 3.8) is 0 Å². The highest BCUT2D eigenvalue weighted by Gasteiger charge is 2.36. The van der Waals surface area contributed by atoms with Crippen molar-refractivity contribution >= 4 is 31.7 Å². The number of amides is 1. The van der Waals surface area contributed by atoms with E-state index in [2.05, 4.69) is 21.2 Å². The Bertz CT molecular complexity index is 415. The summed E-state index contributed by atoms with van der Waals surface area (Å²) in [4.78, 5) is 12.0. The van der Waals surface area contributed by atoms with E-state index in [1.165, 1.54) is 12.8 Å². The van der Waals surface area contributed by atoms with Crippen molar-refractivity contribution in [3.8, 4) is 0 Å². The molecule has 1 atom stereocenters. The van der Waals surface area contributed by atoms with E-state index in [-0.39, 0.29) is 28.7 Å². The summed E-state index contributed by atoms with van der Waals surface area (Å²) >= 11 is 3.54. The first-order valence-electron chi connectivity index (χ1n) is 6.51. The third-order valence-corrected chi connectivity index (χ3v) is 7.15. The fraction of sp³-hybridized carbons (Fsp3) is 0.917. The van der Waals surface area contributed by atoms with Crippen LogP contribution in [0.5, 0.6) is 0 Å². The zero-order valence-electron chi connectivity index (χ0n) is 10.5. The van der Waals surface area contributed by atoms with Gasteiger partial charge in [0.25, 0.3) is 0 Å². The molecule has 0 aromatic rings. The van der Waals surface area contributed by atoms with E-state index in [9.17, 15) is 13.2 Å². The molecule has 0 bridgehead atoms. The van der Waals surface area contributed by atoms with Crippen LogP contribution in [-0.4, -0.2) is 37.7 Å². The van der Waals surface area contributed by atoms with Gasteiger partial charge >= 0.3 is 0 Å². The van der Waals surface area contributed by atoms with E-state index in [1.54, 1.807) is 0 Å². The highest BCUT2D eigenvalue weighted by Crippen LogP contribution is 2.39. The van der Waals surface area contributed by atoms with Gasteiger partial charge in [0.1, 0.15) is 0 Å². The summed E-state index contributed by atoms with van der Waals surface area (Å²) in [6.45, 7) is 0.674. The Labute approximate surface area is 117 Å². The van der Waals surface area contributed by atoms with Crippen molar-refractivity contribution in [2.75, 3.05) is 23.4 Å².